The zero-order chi connectivity index (χ0) is 12.3. The highest BCUT2D eigenvalue weighted by Crippen LogP contribution is 2.28. The van der Waals surface area contributed by atoms with Crippen molar-refractivity contribution in [1.29, 1.82) is 0 Å². The Bertz CT molecular complexity index is 485. The van der Waals surface area contributed by atoms with Gasteiger partial charge in [0.05, 0.1) is 16.8 Å². The van der Waals surface area contributed by atoms with E-state index < -0.39 is 0 Å². The molecule has 0 fully saturated rings. The van der Waals surface area contributed by atoms with Crippen molar-refractivity contribution < 1.29 is 0 Å². The summed E-state index contributed by atoms with van der Waals surface area (Å²) in [6.07, 6.45) is 2.58. The van der Waals surface area contributed by atoms with E-state index in [1.54, 1.807) is 23.6 Å². The molecule has 3 nitrogen and oxygen atoms in total. The number of hydrogen-bond donors (Lipinski definition) is 2. The van der Waals surface area contributed by atoms with Crippen LogP contribution in [0.15, 0.2) is 29.8 Å². The second kappa shape index (κ2) is 5.38. The lowest BCUT2D eigenvalue weighted by atomic mass is 10.2. The number of hydrogen-bond acceptors (Lipinski definition) is 4. The summed E-state index contributed by atoms with van der Waals surface area (Å²) in [5, 5.41) is 5.96. The Kier molecular flexibility index (Phi) is 3.86. The van der Waals surface area contributed by atoms with Crippen LogP contribution in [0.5, 0.6) is 0 Å². The van der Waals surface area contributed by atoms with Gasteiger partial charge < -0.3 is 11.1 Å². The van der Waals surface area contributed by atoms with Crippen LogP contribution in [0, 0.1) is 0 Å². The fourth-order valence-corrected chi connectivity index (χ4v) is 2.63. The molecule has 0 saturated heterocycles. The predicted molar refractivity (Wildman–Crippen MR) is 74.6 cm³/mol. The van der Waals surface area contributed by atoms with Crippen molar-refractivity contribution >= 4 is 34.4 Å². The van der Waals surface area contributed by atoms with Gasteiger partial charge in [-0.1, -0.05) is 24.6 Å². The number of thiophene rings is 1. The quantitative estimate of drug-likeness (QED) is 0.882. The molecule has 5 heteroatoms. The Morgan fingerprint density at radius 1 is 1.59 bits per heavy atom. The third-order valence-electron chi connectivity index (χ3n) is 2.49. The van der Waals surface area contributed by atoms with Crippen molar-refractivity contribution in [2.45, 2.75) is 19.4 Å². The van der Waals surface area contributed by atoms with Crippen LogP contribution in [0.3, 0.4) is 0 Å². The molecule has 3 N–H and O–H groups in total. The minimum absolute atomic E-state index is 0.242. The van der Waals surface area contributed by atoms with Crippen LogP contribution >= 0.6 is 22.9 Å². The van der Waals surface area contributed by atoms with Crippen molar-refractivity contribution in [3.05, 3.63) is 39.7 Å². The number of halogens is 1. The van der Waals surface area contributed by atoms with Crippen molar-refractivity contribution in [3.63, 3.8) is 0 Å². The largest absolute Gasteiger partial charge is 0.396 e. The van der Waals surface area contributed by atoms with Gasteiger partial charge in [-0.2, -0.15) is 0 Å². The van der Waals surface area contributed by atoms with Gasteiger partial charge in [-0.15, -0.1) is 11.3 Å². The van der Waals surface area contributed by atoms with Crippen LogP contribution < -0.4 is 11.1 Å². The first kappa shape index (κ1) is 12.2. The van der Waals surface area contributed by atoms with E-state index in [0.29, 0.717) is 16.5 Å². The Labute approximate surface area is 110 Å². The molecule has 2 heterocycles. The molecule has 0 aliphatic heterocycles. The molecule has 2 aromatic rings. The molecule has 0 saturated carbocycles. The standard InChI is InChI=1S/C12H14ClN3S/c1-2-10(11-4-3-5-17-11)16-12-9(14)6-8(13)7-15-12/h3-7,10H,2,14H2,1H3,(H,15,16). The van der Waals surface area contributed by atoms with E-state index in [2.05, 4.69) is 28.7 Å². The number of rotatable bonds is 4. The Morgan fingerprint density at radius 3 is 3.00 bits per heavy atom. The zero-order valence-electron chi connectivity index (χ0n) is 9.48. The first-order valence-corrected chi connectivity index (χ1v) is 6.67. The topological polar surface area (TPSA) is 50.9 Å². The average Bonchev–Trinajstić information content (AvgIpc) is 2.81. The fraction of sp³-hybridized carbons (Fsp3) is 0.250. The number of nitrogens with one attached hydrogen (secondary N) is 1. The van der Waals surface area contributed by atoms with Gasteiger partial charge in [-0.05, 0) is 23.9 Å². The molecule has 1 unspecified atom stereocenters. The van der Waals surface area contributed by atoms with Gasteiger partial charge in [0.25, 0.3) is 0 Å². The zero-order valence-corrected chi connectivity index (χ0v) is 11.1. The third-order valence-corrected chi connectivity index (χ3v) is 3.68. The van der Waals surface area contributed by atoms with Crippen LogP contribution in [0.4, 0.5) is 11.5 Å². The summed E-state index contributed by atoms with van der Waals surface area (Å²) in [6.45, 7) is 2.13. The summed E-state index contributed by atoms with van der Waals surface area (Å²) in [6, 6.07) is 6.10. The maximum absolute atomic E-state index is 5.87. The van der Waals surface area contributed by atoms with Gasteiger partial charge in [0.15, 0.2) is 0 Å². The van der Waals surface area contributed by atoms with Gasteiger partial charge in [-0.25, -0.2) is 4.98 Å². The summed E-state index contributed by atoms with van der Waals surface area (Å²) >= 11 is 7.55. The molecule has 0 aromatic carbocycles. The molecule has 2 aromatic heterocycles. The van der Waals surface area contributed by atoms with Crippen molar-refractivity contribution in [2.75, 3.05) is 11.1 Å². The summed E-state index contributed by atoms with van der Waals surface area (Å²) in [5.41, 5.74) is 6.45. The van der Waals surface area contributed by atoms with Gasteiger partial charge in [-0.3, -0.25) is 0 Å². The van der Waals surface area contributed by atoms with E-state index >= 15 is 0 Å². The van der Waals surface area contributed by atoms with Crippen LogP contribution in [0.2, 0.25) is 5.02 Å². The molecular formula is C12H14ClN3S. The molecule has 0 spiro atoms. The maximum Gasteiger partial charge on any atom is 0.149 e. The number of aromatic nitrogens is 1. The van der Waals surface area contributed by atoms with Crippen LogP contribution in [0.1, 0.15) is 24.3 Å². The molecule has 17 heavy (non-hydrogen) atoms. The highest BCUT2D eigenvalue weighted by atomic mass is 35.5. The Balaban J connectivity index is 2.19. The number of nitrogens with two attached hydrogens (primary N) is 1. The third kappa shape index (κ3) is 2.90. The number of anilines is 2. The maximum atomic E-state index is 5.87. The Hall–Kier alpha value is -1.26. The predicted octanol–water partition coefficient (Wildman–Crippen LogP) is 3.94. The average molecular weight is 268 g/mol. The monoisotopic (exact) mass is 267 g/mol. The molecule has 0 aliphatic rings. The van der Waals surface area contributed by atoms with Crippen LogP contribution in [-0.4, -0.2) is 4.98 Å². The molecule has 0 radical (unpaired) electrons. The molecule has 0 amide bonds. The van der Waals surface area contributed by atoms with E-state index in [4.69, 9.17) is 17.3 Å². The number of nitrogen functional groups attached to an aromatic ring is 1. The smallest absolute Gasteiger partial charge is 0.149 e. The minimum Gasteiger partial charge on any atom is -0.396 e. The highest BCUT2D eigenvalue weighted by Gasteiger charge is 2.12. The normalized spacial score (nSPS) is 12.4. The van der Waals surface area contributed by atoms with Crippen molar-refractivity contribution in [1.82, 2.24) is 4.98 Å². The fourth-order valence-electron chi connectivity index (χ4n) is 1.60. The highest BCUT2D eigenvalue weighted by molar-refractivity contribution is 7.10. The van der Waals surface area contributed by atoms with Crippen LogP contribution in [0.25, 0.3) is 0 Å². The van der Waals surface area contributed by atoms with E-state index in [-0.39, 0.29) is 6.04 Å². The van der Waals surface area contributed by atoms with E-state index in [9.17, 15) is 0 Å². The SMILES string of the molecule is CCC(Nc1ncc(Cl)cc1N)c1cccs1. The van der Waals surface area contributed by atoms with Gasteiger partial charge in [0, 0.05) is 11.1 Å². The second-order valence-corrected chi connectivity index (χ2v) is 5.13. The lowest BCUT2D eigenvalue weighted by Crippen LogP contribution is -2.11. The lowest BCUT2D eigenvalue weighted by Gasteiger charge is -2.17. The first-order valence-electron chi connectivity index (χ1n) is 5.41. The lowest BCUT2D eigenvalue weighted by molar-refractivity contribution is 0.759. The summed E-state index contributed by atoms with van der Waals surface area (Å²) in [7, 11) is 0. The number of nitrogens with zero attached hydrogens (tertiary/aromatic N) is 1. The van der Waals surface area contributed by atoms with E-state index in [1.807, 2.05) is 6.07 Å². The molecule has 90 valence electrons. The van der Waals surface area contributed by atoms with Crippen LogP contribution in [-0.2, 0) is 0 Å². The molecule has 0 aliphatic carbocycles. The van der Waals surface area contributed by atoms with Gasteiger partial charge in [0.2, 0.25) is 0 Å². The summed E-state index contributed by atoms with van der Waals surface area (Å²) in [5.74, 6) is 0.689. The van der Waals surface area contributed by atoms with Gasteiger partial charge in [0.1, 0.15) is 5.82 Å². The molecular weight excluding hydrogens is 254 g/mol. The number of pyridine rings is 1. The van der Waals surface area contributed by atoms with E-state index in [0.717, 1.165) is 6.42 Å². The minimum atomic E-state index is 0.242. The van der Waals surface area contributed by atoms with Gasteiger partial charge >= 0.3 is 0 Å². The summed E-state index contributed by atoms with van der Waals surface area (Å²) < 4.78 is 0. The Morgan fingerprint density at radius 2 is 2.41 bits per heavy atom. The molecule has 0 bridgehead atoms. The molecule has 1 atom stereocenters. The van der Waals surface area contributed by atoms with Crippen molar-refractivity contribution in [2.24, 2.45) is 0 Å². The first-order chi connectivity index (χ1) is 8.20. The summed E-state index contributed by atoms with van der Waals surface area (Å²) in [4.78, 5) is 5.49. The van der Waals surface area contributed by atoms with E-state index in [1.165, 1.54) is 4.88 Å². The molecule has 2 rings (SSSR count). The van der Waals surface area contributed by atoms with Crippen molar-refractivity contribution in [3.8, 4) is 0 Å². The second-order valence-electron chi connectivity index (χ2n) is 3.71.